The molecule has 0 amide bonds. The van der Waals surface area contributed by atoms with Crippen LogP contribution in [0.4, 0.5) is 0 Å². The van der Waals surface area contributed by atoms with Gasteiger partial charge in [-0.25, -0.2) is 0 Å². The van der Waals surface area contributed by atoms with Gasteiger partial charge in [-0.05, 0) is 47.9 Å². The predicted molar refractivity (Wildman–Crippen MR) is 63.1 cm³/mol. The fraction of sp³-hybridized carbons (Fsp3) is 0.818. The molecule has 4 heteroatoms. The van der Waals surface area contributed by atoms with Gasteiger partial charge in [-0.2, -0.15) is 0 Å². The topological polar surface area (TPSA) is 34.1 Å². The first kappa shape index (κ1) is 14.9. The van der Waals surface area contributed by atoms with Crippen LogP contribution in [0.5, 0.6) is 0 Å². The number of hydrogen-bond donors (Lipinski definition) is 0. The molecule has 0 saturated carbocycles. The van der Waals surface area contributed by atoms with Gasteiger partial charge in [-0.15, -0.1) is 0 Å². The highest BCUT2D eigenvalue weighted by Crippen LogP contribution is 2.38. The Labute approximate surface area is 101 Å². The molecule has 0 aromatic carbocycles. The molecular weight excluding hydrogens is 235 g/mol. The number of carbonyl (C=O) groups is 2. The van der Waals surface area contributed by atoms with E-state index < -0.39 is 15.9 Å². The van der Waals surface area contributed by atoms with Crippen LogP contribution in [0.1, 0.15) is 40.5 Å². The van der Waals surface area contributed by atoms with Crippen LogP contribution in [0.25, 0.3) is 0 Å². The fourth-order valence-corrected chi connectivity index (χ4v) is 2.40. The fourth-order valence-electron chi connectivity index (χ4n) is 1.88. The van der Waals surface area contributed by atoms with Crippen LogP contribution in [-0.2, 0) is 9.59 Å². The van der Waals surface area contributed by atoms with Crippen LogP contribution in [0.3, 0.4) is 0 Å². The molecule has 0 N–H and O–H groups in total. The van der Waals surface area contributed by atoms with Crippen molar-refractivity contribution >= 4 is 33.7 Å². The van der Waals surface area contributed by atoms with E-state index in [2.05, 4.69) is 0 Å². The van der Waals surface area contributed by atoms with Crippen LogP contribution < -0.4 is 0 Å². The molecule has 0 atom stereocenters. The zero-order valence-corrected chi connectivity index (χ0v) is 11.2. The SMILES string of the molecule is CC(C)CC(CC(C)C)(C(=O)Cl)C(=O)Cl. The van der Waals surface area contributed by atoms with Gasteiger partial charge in [0.2, 0.25) is 10.5 Å². The van der Waals surface area contributed by atoms with Crippen molar-refractivity contribution in [2.45, 2.75) is 40.5 Å². The van der Waals surface area contributed by atoms with Gasteiger partial charge in [0.1, 0.15) is 5.41 Å². The van der Waals surface area contributed by atoms with E-state index in [1.165, 1.54) is 0 Å². The van der Waals surface area contributed by atoms with Crippen LogP contribution >= 0.6 is 23.2 Å². The van der Waals surface area contributed by atoms with Gasteiger partial charge in [0.05, 0.1) is 0 Å². The number of halogens is 2. The molecule has 0 aliphatic rings. The Balaban J connectivity index is 5.08. The van der Waals surface area contributed by atoms with E-state index >= 15 is 0 Å². The summed E-state index contributed by atoms with van der Waals surface area (Å²) in [5, 5.41) is -1.27. The zero-order chi connectivity index (χ0) is 12.2. The lowest BCUT2D eigenvalue weighted by Gasteiger charge is -2.29. The van der Waals surface area contributed by atoms with Crippen LogP contribution in [-0.4, -0.2) is 10.5 Å². The number of hydrogen-bond acceptors (Lipinski definition) is 2. The summed E-state index contributed by atoms with van der Waals surface area (Å²) in [6.07, 6.45) is 0.825. The van der Waals surface area contributed by atoms with Crippen molar-refractivity contribution in [1.82, 2.24) is 0 Å². The summed E-state index contributed by atoms with van der Waals surface area (Å²) < 4.78 is 0. The summed E-state index contributed by atoms with van der Waals surface area (Å²) in [5.74, 6) is 0.406. The third kappa shape index (κ3) is 4.12. The van der Waals surface area contributed by atoms with Gasteiger partial charge in [-0.1, -0.05) is 27.7 Å². The average Bonchev–Trinajstić information content (AvgIpc) is 1.99. The minimum Gasteiger partial charge on any atom is -0.280 e. The molecule has 0 radical (unpaired) electrons. The lowest BCUT2D eigenvalue weighted by molar-refractivity contribution is -0.133. The largest absolute Gasteiger partial charge is 0.280 e. The molecule has 0 aromatic heterocycles. The normalized spacial score (nSPS) is 12.3. The second-order valence-corrected chi connectivity index (χ2v) is 5.51. The molecule has 0 spiro atoms. The maximum Gasteiger partial charge on any atom is 0.236 e. The Hall–Kier alpha value is -0.0800. The van der Waals surface area contributed by atoms with Gasteiger partial charge in [0.25, 0.3) is 0 Å². The van der Waals surface area contributed by atoms with Crippen molar-refractivity contribution in [1.29, 1.82) is 0 Å². The summed E-state index contributed by atoms with van der Waals surface area (Å²) in [7, 11) is 0. The van der Waals surface area contributed by atoms with E-state index in [0.717, 1.165) is 0 Å². The van der Waals surface area contributed by atoms with Gasteiger partial charge in [0, 0.05) is 0 Å². The average molecular weight is 253 g/mol. The molecule has 0 aliphatic carbocycles. The predicted octanol–water partition coefficient (Wildman–Crippen LogP) is 3.60. The Morgan fingerprint density at radius 3 is 1.33 bits per heavy atom. The van der Waals surface area contributed by atoms with E-state index in [1.807, 2.05) is 27.7 Å². The lowest BCUT2D eigenvalue weighted by Crippen LogP contribution is -2.37. The minimum atomic E-state index is -1.20. The first-order valence-corrected chi connectivity index (χ1v) is 5.88. The summed E-state index contributed by atoms with van der Waals surface area (Å²) in [6.45, 7) is 7.76. The highest BCUT2D eigenvalue weighted by Gasteiger charge is 2.44. The quantitative estimate of drug-likeness (QED) is 0.535. The molecule has 0 fully saturated rings. The Morgan fingerprint density at radius 1 is 0.933 bits per heavy atom. The highest BCUT2D eigenvalue weighted by atomic mass is 35.5. The molecule has 0 aromatic rings. The summed E-state index contributed by atoms with van der Waals surface area (Å²) in [6, 6.07) is 0. The molecule has 0 saturated heterocycles. The van der Waals surface area contributed by atoms with Crippen LogP contribution in [0, 0.1) is 17.3 Å². The first-order valence-electron chi connectivity index (χ1n) is 5.12. The van der Waals surface area contributed by atoms with Gasteiger partial charge < -0.3 is 0 Å². The lowest BCUT2D eigenvalue weighted by atomic mass is 9.76. The second kappa shape index (κ2) is 5.86. The second-order valence-electron chi connectivity index (χ2n) is 4.83. The van der Waals surface area contributed by atoms with E-state index in [-0.39, 0.29) is 11.8 Å². The van der Waals surface area contributed by atoms with Gasteiger partial charge in [-0.3, -0.25) is 9.59 Å². The standard InChI is InChI=1S/C11H18Cl2O2/c1-7(2)5-11(9(12)14,10(13)15)6-8(3)4/h7-8H,5-6H2,1-4H3. The molecule has 88 valence electrons. The van der Waals surface area contributed by atoms with Crippen molar-refractivity contribution in [2.24, 2.45) is 17.3 Å². The first-order chi connectivity index (χ1) is 6.72. The molecule has 15 heavy (non-hydrogen) atoms. The van der Waals surface area contributed by atoms with Crippen molar-refractivity contribution in [2.75, 3.05) is 0 Å². The summed E-state index contributed by atoms with van der Waals surface area (Å²) >= 11 is 11.1. The monoisotopic (exact) mass is 252 g/mol. The number of rotatable bonds is 6. The van der Waals surface area contributed by atoms with Crippen LogP contribution in [0.15, 0.2) is 0 Å². The molecule has 2 nitrogen and oxygen atoms in total. The Kier molecular flexibility index (Phi) is 5.82. The molecular formula is C11H18Cl2O2. The summed E-state index contributed by atoms with van der Waals surface area (Å²) in [4.78, 5) is 22.9. The van der Waals surface area contributed by atoms with E-state index in [9.17, 15) is 9.59 Å². The third-order valence-electron chi connectivity index (χ3n) is 2.27. The van der Waals surface area contributed by atoms with Crippen molar-refractivity contribution in [3.05, 3.63) is 0 Å². The maximum atomic E-state index is 11.4. The van der Waals surface area contributed by atoms with Crippen molar-refractivity contribution in [3.8, 4) is 0 Å². The molecule has 0 rings (SSSR count). The van der Waals surface area contributed by atoms with E-state index in [0.29, 0.717) is 12.8 Å². The van der Waals surface area contributed by atoms with Crippen LogP contribution in [0.2, 0.25) is 0 Å². The molecule has 0 aliphatic heterocycles. The maximum absolute atomic E-state index is 11.4. The third-order valence-corrected chi connectivity index (χ3v) is 2.99. The highest BCUT2D eigenvalue weighted by molar-refractivity contribution is 6.74. The molecule has 0 unspecified atom stereocenters. The zero-order valence-electron chi connectivity index (χ0n) is 9.64. The Morgan fingerprint density at radius 2 is 1.20 bits per heavy atom. The van der Waals surface area contributed by atoms with Crippen molar-refractivity contribution in [3.63, 3.8) is 0 Å². The molecule has 0 heterocycles. The van der Waals surface area contributed by atoms with E-state index in [4.69, 9.17) is 23.2 Å². The van der Waals surface area contributed by atoms with Gasteiger partial charge >= 0.3 is 0 Å². The van der Waals surface area contributed by atoms with E-state index in [1.54, 1.807) is 0 Å². The Bertz CT molecular complexity index is 221. The van der Waals surface area contributed by atoms with Gasteiger partial charge in [0.15, 0.2) is 0 Å². The number of carbonyl (C=O) groups excluding carboxylic acids is 2. The van der Waals surface area contributed by atoms with Crippen molar-refractivity contribution < 1.29 is 9.59 Å². The minimum absolute atomic E-state index is 0.203. The smallest absolute Gasteiger partial charge is 0.236 e. The molecule has 0 bridgehead atoms. The summed E-state index contributed by atoms with van der Waals surface area (Å²) in [5.41, 5.74) is -1.20.